The Kier molecular flexibility index (Phi) is 5.49. The van der Waals surface area contributed by atoms with Crippen LogP contribution in [0.15, 0.2) is 53.3 Å². The van der Waals surface area contributed by atoms with Crippen molar-refractivity contribution in [2.24, 2.45) is 0 Å². The maximum Gasteiger partial charge on any atom is 0.188 e. The van der Waals surface area contributed by atoms with Crippen molar-refractivity contribution in [1.29, 1.82) is 0 Å². The molecule has 4 rings (SSSR count). The highest BCUT2D eigenvalue weighted by Crippen LogP contribution is 2.32. The third-order valence-corrected chi connectivity index (χ3v) is 5.70. The first-order valence-electron chi connectivity index (χ1n) is 10.3. The molecule has 0 unspecified atom stereocenters. The average Bonchev–Trinajstić information content (AvgIpc) is 2.76. The number of hydrogen-bond donors (Lipinski definition) is 0. The monoisotopic (exact) mass is 389 g/mol. The topological polar surface area (TPSA) is 47.4 Å². The molecule has 2 aliphatic rings. The molecule has 2 aromatic carbocycles. The summed E-state index contributed by atoms with van der Waals surface area (Å²) in [6.45, 7) is 8.37. The molecular weight excluding hydrogens is 362 g/mol. The smallest absolute Gasteiger partial charge is 0.188 e. The van der Waals surface area contributed by atoms with Crippen LogP contribution >= 0.6 is 0 Å². The summed E-state index contributed by atoms with van der Waals surface area (Å²) in [6, 6.07) is 15.5. The van der Waals surface area contributed by atoms with Crippen LogP contribution in [0.3, 0.4) is 0 Å². The molecular formula is C24H27N3O2. The highest BCUT2D eigenvalue weighted by Gasteiger charge is 2.18. The molecule has 1 aliphatic heterocycles. The van der Waals surface area contributed by atoms with Gasteiger partial charge in [-0.2, -0.15) is 0 Å². The summed E-state index contributed by atoms with van der Waals surface area (Å²) in [5, 5.41) is 1.52. The summed E-state index contributed by atoms with van der Waals surface area (Å²) in [4.78, 5) is 20.3. The molecule has 0 radical (unpaired) electrons. The van der Waals surface area contributed by atoms with Gasteiger partial charge < -0.3 is 14.2 Å². The van der Waals surface area contributed by atoms with E-state index in [1.165, 1.54) is 0 Å². The summed E-state index contributed by atoms with van der Waals surface area (Å²) in [7, 11) is 1.61. The normalized spacial score (nSPS) is 11.7. The van der Waals surface area contributed by atoms with Gasteiger partial charge in [0.05, 0.1) is 29.5 Å². The number of hydrogen-bond acceptors (Lipinski definition) is 4. The van der Waals surface area contributed by atoms with Gasteiger partial charge in [0.1, 0.15) is 5.75 Å². The van der Waals surface area contributed by atoms with E-state index in [9.17, 15) is 4.79 Å². The predicted octanol–water partition coefficient (Wildman–Crippen LogP) is 4.40. The van der Waals surface area contributed by atoms with Gasteiger partial charge in [0.15, 0.2) is 5.43 Å². The van der Waals surface area contributed by atoms with Crippen LogP contribution in [0.25, 0.3) is 33.2 Å². The lowest BCUT2D eigenvalue weighted by Crippen LogP contribution is -2.25. The zero-order valence-electron chi connectivity index (χ0n) is 17.3. The quantitative estimate of drug-likeness (QED) is 0.347. The minimum Gasteiger partial charge on any atom is -0.497 e. The average molecular weight is 389 g/mol. The lowest BCUT2D eigenvalue weighted by molar-refractivity contribution is 0.294. The summed E-state index contributed by atoms with van der Waals surface area (Å²) in [5.74, 6) is 0.682. The maximum absolute atomic E-state index is 12.9. The van der Waals surface area contributed by atoms with E-state index in [-0.39, 0.29) is 5.43 Å². The Bertz CT molecular complexity index is 1180. The second kappa shape index (κ2) is 8.21. The maximum atomic E-state index is 12.9. The molecule has 5 nitrogen and oxygen atoms in total. The van der Waals surface area contributed by atoms with Crippen molar-refractivity contribution < 1.29 is 4.74 Å². The van der Waals surface area contributed by atoms with E-state index in [0.717, 1.165) is 60.4 Å². The number of fused-ring (bicyclic) bond motifs is 4. The molecule has 0 bridgehead atoms. The first kappa shape index (κ1) is 19.4. The summed E-state index contributed by atoms with van der Waals surface area (Å²) < 4.78 is 7.57. The van der Waals surface area contributed by atoms with Gasteiger partial charge in [-0.3, -0.25) is 4.79 Å². The number of benzene rings is 3. The van der Waals surface area contributed by atoms with E-state index in [2.05, 4.69) is 29.4 Å². The standard InChI is InChI=1S/C24H27N3O2/c1-4-26(5-2)13-8-14-27-21-10-7-6-9-20(21)25-24-18-12-11-17(29-3)15-19(18)23(28)16-22(24)27/h6-7,9-12,15-16H,4-5,8,13-14H2,1-3H3. The van der Waals surface area contributed by atoms with Gasteiger partial charge in [-0.1, -0.05) is 26.0 Å². The van der Waals surface area contributed by atoms with Gasteiger partial charge in [-0.05, 0) is 56.4 Å². The summed E-state index contributed by atoms with van der Waals surface area (Å²) in [6.07, 6.45) is 1.02. The van der Waals surface area contributed by atoms with E-state index >= 15 is 0 Å². The van der Waals surface area contributed by atoms with E-state index in [4.69, 9.17) is 9.72 Å². The third kappa shape index (κ3) is 3.58. The number of ether oxygens (including phenoxy) is 1. The molecule has 0 saturated heterocycles. The van der Waals surface area contributed by atoms with Crippen LogP contribution in [-0.4, -0.2) is 41.2 Å². The van der Waals surface area contributed by atoms with Crippen molar-refractivity contribution in [1.82, 2.24) is 14.5 Å². The fraction of sp³-hybridized carbons (Fsp3) is 0.333. The predicted molar refractivity (Wildman–Crippen MR) is 119 cm³/mol. The van der Waals surface area contributed by atoms with Gasteiger partial charge in [-0.25, -0.2) is 4.98 Å². The second-order valence-corrected chi connectivity index (χ2v) is 7.29. The molecule has 0 N–H and O–H groups in total. The van der Waals surface area contributed by atoms with Crippen molar-refractivity contribution in [3.05, 3.63) is 58.8 Å². The Morgan fingerprint density at radius 3 is 2.59 bits per heavy atom. The number of methoxy groups -OCH3 is 1. The van der Waals surface area contributed by atoms with Gasteiger partial charge >= 0.3 is 0 Å². The number of rotatable bonds is 7. The molecule has 0 saturated carbocycles. The Hall–Kier alpha value is -2.92. The first-order chi connectivity index (χ1) is 14.2. The van der Waals surface area contributed by atoms with Gasteiger partial charge in [0.2, 0.25) is 0 Å². The molecule has 1 heterocycles. The fourth-order valence-electron chi connectivity index (χ4n) is 4.06. The Balaban J connectivity index is 1.90. The molecule has 5 heteroatoms. The second-order valence-electron chi connectivity index (χ2n) is 7.29. The molecule has 2 aromatic rings. The lowest BCUT2D eigenvalue weighted by atomic mass is 10.0. The first-order valence-corrected chi connectivity index (χ1v) is 10.3. The zero-order valence-corrected chi connectivity index (χ0v) is 17.3. The minimum atomic E-state index is 0.000902. The lowest BCUT2D eigenvalue weighted by Gasteiger charge is -2.22. The molecule has 0 fully saturated rings. The molecule has 0 atom stereocenters. The van der Waals surface area contributed by atoms with Crippen LogP contribution in [0.5, 0.6) is 5.75 Å². The highest BCUT2D eigenvalue weighted by molar-refractivity contribution is 5.98. The van der Waals surface area contributed by atoms with Crippen LogP contribution in [0.4, 0.5) is 0 Å². The number of para-hydroxylation sites is 2. The zero-order chi connectivity index (χ0) is 20.4. The molecule has 29 heavy (non-hydrogen) atoms. The van der Waals surface area contributed by atoms with Crippen molar-refractivity contribution in [3.63, 3.8) is 0 Å². The number of aromatic nitrogens is 2. The van der Waals surface area contributed by atoms with Crippen LogP contribution in [0.1, 0.15) is 20.3 Å². The molecule has 1 aliphatic carbocycles. The number of nitrogens with zero attached hydrogens (tertiary/aromatic N) is 3. The van der Waals surface area contributed by atoms with E-state index in [1.54, 1.807) is 19.2 Å². The van der Waals surface area contributed by atoms with Crippen molar-refractivity contribution in [2.45, 2.75) is 26.8 Å². The Morgan fingerprint density at radius 2 is 1.83 bits per heavy atom. The molecule has 150 valence electrons. The molecule has 0 aromatic heterocycles. The highest BCUT2D eigenvalue weighted by atomic mass is 16.5. The SMILES string of the molecule is CCN(CC)CCCn1c2cc(=O)c3cc(OC)ccc3c-2nc2ccccc21. The van der Waals surface area contributed by atoms with E-state index < -0.39 is 0 Å². The summed E-state index contributed by atoms with van der Waals surface area (Å²) >= 11 is 0. The third-order valence-electron chi connectivity index (χ3n) is 5.70. The van der Waals surface area contributed by atoms with Crippen molar-refractivity contribution >= 4 is 21.8 Å². The molecule has 0 amide bonds. The van der Waals surface area contributed by atoms with E-state index in [1.807, 2.05) is 30.3 Å². The van der Waals surface area contributed by atoms with Crippen molar-refractivity contribution in [2.75, 3.05) is 26.7 Å². The van der Waals surface area contributed by atoms with Crippen molar-refractivity contribution in [3.8, 4) is 17.1 Å². The largest absolute Gasteiger partial charge is 0.497 e. The van der Waals surface area contributed by atoms with Crippen LogP contribution < -0.4 is 10.2 Å². The molecule has 0 spiro atoms. The van der Waals surface area contributed by atoms with Crippen LogP contribution in [0, 0.1) is 0 Å². The fourth-order valence-corrected chi connectivity index (χ4v) is 4.06. The Labute approximate surface area is 170 Å². The van der Waals surface area contributed by atoms with Crippen LogP contribution in [0.2, 0.25) is 0 Å². The van der Waals surface area contributed by atoms with E-state index in [0.29, 0.717) is 11.1 Å². The van der Waals surface area contributed by atoms with Gasteiger partial charge in [0, 0.05) is 23.4 Å². The Morgan fingerprint density at radius 1 is 1.03 bits per heavy atom. The van der Waals surface area contributed by atoms with Crippen LogP contribution in [-0.2, 0) is 6.54 Å². The van der Waals surface area contributed by atoms with Gasteiger partial charge in [-0.15, -0.1) is 0 Å². The number of aryl methyl sites for hydroxylation is 1. The van der Waals surface area contributed by atoms with Gasteiger partial charge in [0.25, 0.3) is 0 Å². The summed E-state index contributed by atoms with van der Waals surface area (Å²) in [5.41, 5.74) is 3.76. The minimum absolute atomic E-state index is 0.000902.